The second-order valence-corrected chi connectivity index (χ2v) is 8.48. The number of hydrogen-bond donors (Lipinski definition) is 2. The van der Waals surface area contributed by atoms with E-state index in [1.165, 1.54) is 0 Å². The van der Waals surface area contributed by atoms with E-state index < -0.39 is 0 Å². The zero-order valence-electron chi connectivity index (χ0n) is 18.9. The summed E-state index contributed by atoms with van der Waals surface area (Å²) in [5.41, 5.74) is 2.87. The van der Waals surface area contributed by atoms with Crippen LogP contribution in [0, 0.1) is 13.8 Å². The Labute approximate surface area is 180 Å². The number of hydrogen-bond acceptors (Lipinski definition) is 4. The minimum Gasteiger partial charge on any atom is -0.507 e. The van der Waals surface area contributed by atoms with Gasteiger partial charge in [0.1, 0.15) is 5.75 Å². The van der Waals surface area contributed by atoms with Crippen LogP contribution in [-0.4, -0.2) is 83.5 Å². The fraction of sp³-hybridized carbons (Fsp3) is 0.652. The van der Waals surface area contributed by atoms with Crippen molar-refractivity contribution in [3.05, 3.63) is 28.8 Å². The number of aromatic hydroxyl groups is 1. The lowest BCUT2D eigenvalue weighted by Gasteiger charge is -2.39. The Morgan fingerprint density at radius 3 is 2.23 bits per heavy atom. The maximum atomic E-state index is 12.7. The Bertz CT molecular complexity index is 742. The largest absolute Gasteiger partial charge is 0.507 e. The average molecular weight is 416 g/mol. The molecule has 1 aromatic rings. The van der Waals surface area contributed by atoms with E-state index in [2.05, 4.69) is 22.0 Å². The zero-order chi connectivity index (χ0) is 21.7. The number of aryl methyl sites for hydroxylation is 2. The topological polar surface area (TPSA) is 71.4 Å². The standard InChI is InChI=1S/C23H37N5O2/c1-5-24-23(25-16-20-14-17(2)21(29)18(3)15-20)28-12-10-26(11-13-28)19(4)22(30)27-8-6-7-9-27/h14-15,19,29H,5-13,16H2,1-4H3,(H,24,25). The SMILES string of the molecule is CCNC(=NCc1cc(C)c(O)c(C)c1)N1CCN(C(C)C(=O)N2CCCC2)CC1. The van der Waals surface area contributed by atoms with Gasteiger partial charge >= 0.3 is 0 Å². The number of phenols is 1. The van der Waals surface area contributed by atoms with Gasteiger partial charge < -0.3 is 20.2 Å². The number of carbonyl (C=O) groups excluding carboxylic acids is 1. The summed E-state index contributed by atoms with van der Waals surface area (Å²) in [6.07, 6.45) is 2.27. The van der Waals surface area contributed by atoms with Crippen molar-refractivity contribution in [2.45, 2.75) is 53.1 Å². The summed E-state index contributed by atoms with van der Waals surface area (Å²) in [5, 5.41) is 13.4. The van der Waals surface area contributed by atoms with E-state index in [0.29, 0.717) is 12.3 Å². The van der Waals surface area contributed by atoms with Crippen LogP contribution in [0.3, 0.4) is 0 Å². The molecule has 1 aromatic carbocycles. The third-order valence-corrected chi connectivity index (χ3v) is 6.23. The Kier molecular flexibility index (Phi) is 7.58. The molecule has 0 bridgehead atoms. The summed E-state index contributed by atoms with van der Waals surface area (Å²) in [4.78, 5) is 24.2. The molecule has 2 fully saturated rings. The van der Waals surface area contributed by atoms with Gasteiger partial charge in [-0.1, -0.05) is 12.1 Å². The lowest BCUT2D eigenvalue weighted by Crippen LogP contribution is -2.57. The second kappa shape index (κ2) is 10.2. The number of phenolic OH excluding ortho intramolecular Hbond substituents is 1. The maximum absolute atomic E-state index is 12.7. The van der Waals surface area contributed by atoms with Gasteiger partial charge in [0.05, 0.1) is 12.6 Å². The summed E-state index contributed by atoms with van der Waals surface area (Å²) in [5.74, 6) is 1.56. The van der Waals surface area contributed by atoms with Crippen LogP contribution in [0.25, 0.3) is 0 Å². The highest BCUT2D eigenvalue weighted by Crippen LogP contribution is 2.23. The second-order valence-electron chi connectivity index (χ2n) is 8.48. The normalized spacial score (nSPS) is 19.3. The van der Waals surface area contributed by atoms with E-state index in [0.717, 1.165) is 81.3 Å². The van der Waals surface area contributed by atoms with Crippen LogP contribution >= 0.6 is 0 Å². The molecule has 2 saturated heterocycles. The van der Waals surface area contributed by atoms with Crippen LogP contribution in [0.5, 0.6) is 5.75 Å². The van der Waals surface area contributed by atoms with Crippen molar-refractivity contribution in [2.75, 3.05) is 45.8 Å². The molecule has 30 heavy (non-hydrogen) atoms. The molecule has 1 atom stereocenters. The molecule has 2 N–H and O–H groups in total. The lowest BCUT2D eigenvalue weighted by atomic mass is 10.1. The average Bonchev–Trinajstić information content (AvgIpc) is 3.29. The number of nitrogens with one attached hydrogen (secondary N) is 1. The lowest BCUT2D eigenvalue weighted by molar-refractivity contribution is -0.135. The molecule has 2 heterocycles. The number of guanidine groups is 1. The quantitative estimate of drug-likeness (QED) is 0.569. The summed E-state index contributed by atoms with van der Waals surface area (Å²) < 4.78 is 0. The first kappa shape index (κ1) is 22.4. The zero-order valence-corrected chi connectivity index (χ0v) is 18.9. The molecule has 0 saturated carbocycles. The highest BCUT2D eigenvalue weighted by atomic mass is 16.3. The number of amides is 1. The molecule has 7 heteroatoms. The van der Waals surface area contributed by atoms with Gasteiger partial charge in [-0.3, -0.25) is 9.69 Å². The number of rotatable bonds is 5. The van der Waals surface area contributed by atoms with Crippen molar-refractivity contribution >= 4 is 11.9 Å². The summed E-state index contributed by atoms with van der Waals surface area (Å²) in [7, 11) is 0. The van der Waals surface area contributed by atoms with Gasteiger partial charge in [0, 0.05) is 45.8 Å². The molecular weight excluding hydrogens is 378 g/mol. The molecule has 0 aliphatic carbocycles. The van der Waals surface area contributed by atoms with Crippen LogP contribution in [0.1, 0.15) is 43.4 Å². The van der Waals surface area contributed by atoms with Gasteiger partial charge in [-0.05, 0) is 57.2 Å². The summed E-state index contributed by atoms with van der Waals surface area (Å²) in [6.45, 7) is 14.6. The molecule has 2 aliphatic rings. The third-order valence-electron chi connectivity index (χ3n) is 6.23. The van der Waals surface area contributed by atoms with Crippen molar-refractivity contribution in [3.8, 4) is 5.75 Å². The fourth-order valence-corrected chi connectivity index (χ4v) is 4.41. The fourth-order valence-electron chi connectivity index (χ4n) is 4.41. The molecular formula is C23H37N5O2. The Morgan fingerprint density at radius 1 is 1.07 bits per heavy atom. The predicted molar refractivity (Wildman–Crippen MR) is 121 cm³/mol. The number of benzene rings is 1. The first-order chi connectivity index (χ1) is 14.4. The molecule has 1 unspecified atom stereocenters. The smallest absolute Gasteiger partial charge is 0.239 e. The van der Waals surface area contributed by atoms with Crippen LogP contribution in [0.2, 0.25) is 0 Å². The van der Waals surface area contributed by atoms with Crippen molar-refractivity contribution in [1.29, 1.82) is 0 Å². The molecule has 0 spiro atoms. The molecule has 2 aliphatic heterocycles. The van der Waals surface area contributed by atoms with Crippen LogP contribution in [-0.2, 0) is 11.3 Å². The molecule has 1 amide bonds. The first-order valence-corrected chi connectivity index (χ1v) is 11.3. The van der Waals surface area contributed by atoms with E-state index in [-0.39, 0.29) is 11.9 Å². The minimum atomic E-state index is -0.0484. The minimum absolute atomic E-state index is 0.0484. The van der Waals surface area contributed by atoms with E-state index in [4.69, 9.17) is 4.99 Å². The van der Waals surface area contributed by atoms with Gasteiger partial charge in [-0.15, -0.1) is 0 Å². The van der Waals surface area contributed by atoms with Crippen LogP contribution < -0.4 is 5.32 Å². The number of aliphatic imine (C=N–C) groups is 1. The van der Waals surface area contributed by atoms with Crippen LogP contribution in [0.15, 0.2) is 17.1 Å². The monoisotopic (exact) mass is 415 g/mol. The Hall–Kier alpha value is -2.28. The first-order valence-electron chi connectivity index (χ1n) is 11.3. The molecule has 7 nitrogen and oxygen atoms in total. The van der Waals surface area contributed by atoms with Crippen molar-refractivity contribution in [1.82, 2.24) is 20.0 Å². The van der Waals surface area contributed by atoms with E-state index in [1.807, 2.05) is 37.8 Å². The number of carbonyl (C=O) groups is 1. The number of piperazine rings is 1. The Balaban J connectivity index is 1.59. The summed E-state index contributed by atoms with van der Waals surface area (Å²) in [6, 6.07) is 3.95. The van der Waals surface area contributed by atoms with Gasteiger partial charge in [0.2, 0.25) is 5.91 Å². The molecule has 166 valence electrons. The van der Waals surface area contributed by atoms with E-state index in [9.17, 15) is 9.90 Å². The highest BCUT2D eigenvalue weighted by Gasteiger charge is 2.30. The van der Waals surface area contributed by atoms with Gasteiger partial charge in [0.15, 0.2) is 5.96 Å². The van der Waals surface area contributed by atoms with Crippen LogP contribution in [0.4, 0.5) is 0 Å². The van der Waals surface area contributed by atoms with Crippen molar-refractivity contribution in [3.63, 3.8) is 0 Å². The van der Waals surface area contributed by atoms with Gasteiger partial charge in [0.25, 0.3) is 0 Å². The van der Waals surface area contributed by atoms with E-state index >= 15 is 0 Å². The maximum Gasteiger partial charge on any atom is 0.239 e. The highest BCUT2D eigenvalue weighted by molar-refractivity contribution is 5.82. The molecule has 0 aromatic heterocycles. The number of likely N-dealkylation sites (tertiary alicyclic amines) is 1. The van der Waals surface area contributed by atoms with E-state index in [1.54, 1.807) is 0 Å². The Morgan fingerprint density at radius 2 is 1.67 bits per heavy atom. The molecule has 3 rings (SSSR count). The van der Waals surface area contributed by atoms with Gasteiger partial charge in [-0.25, -0.2) is 4.99 Å². The predicted octanol–water partition coefficient (Wildman–Crippen LogP) is 2.10. The van der Waals surface area contributed by atoms with Crippen molar-refractivity contribution < 1.29 is 9.90 Å². The number of nitrogens with zero attached hydrogens (tertiary/aromatic N) is 4. The van der Waals surface area contributed by atoms with Crippen molar-refractivity contribution in [2.24, 2.45) is 4.99 Å². The third kappa shape index (κ3) is 5.25. The summed E-state index contributed by atoms with van der Waals surface area (Å²) >= 11 is 0. The molecule has 0 radical (unpaired) electrons. The van der Waals surface area contributed by atoms with Gasteiger partial charge in [-0.2, -0.15) is 0 Å².